The van der Waals surface area contributed by atoms with Crippen molar-refractivity contribution in [3.05, 3.63) is 11.6 Å². The van der Waals surface area contributed by atoms with Crippen molar-refractivity contribution in [3.8, 4) is 0 Å². The molecule has 0 saturated carbocycles. The van der Waals surface area contributed by atoms with Gasteiger partial charge < -0.3 is 10.2 Å². The number of rotatable bonds is 5. The van der Waals surface area contributed by atoms with Crippen molar-refractivity contribution in [1.82, 2.24) is 10.2 Å². The van der Waals surface area contributed by atoms with Crippen LogP contribution >= 0.6 is 0 Å². The largest absolute Gasteiger partial charge is 0.340 e. The third-order valence-corrected chi connectivity index (χ3v) is 4.70. The standard InChI is InChI=1S/C16H26N2O2/c1-3-16(4-2)15(20)18(12-14(19)17-16)11-10-13-8-6-5-7-9-13/h8H,3-7,9-12H2,1-2H3,(H,17,19). The molecule has 1 N–H and O–H groups in total. The first kappa shape index (κ1) is 15.1. The molecule has 1 aliphatic carbocycles. The van der Waals surface area contributed by atoms with Gasteiger partial charge in [-0.25, -0.2) is 0 Å². The summed E-state index contributed by atoms with van der Waals surface area (Å²) in [4.78, 5) is 26.3. The number of nitrogens with zero attached hydrogens (tertiary/aromatic N) is 1. The lowest BCUT2D eigenvalue weighted by molar-refractivity contribution is -0.150. The smallest absolute Gasteiger partial charge is 0.248 e. The van der Waals surface area contributed by atoms with Crippen molar-refractivity contribution in [3.63, 3.8) is 0 Å². The van der Waals surface area contributed by atoms with Crippen molar-refractivity contribution in [2.45, 2.75) is 64.3 Å². The average molecular weight is 278 g/mol. The Balaban J connectivity index is 2.01. The molecule has 4 heteroatoms. The van der Waals surface area contributed by atoms with Crippen LogP contribution in [-0.4, -0.2) is 35.3 Å². The Kier molecular flexibility index (Phi) is 4.84. The summed E-state index contributed by atoms with van der Waals surface area (Å²) in [5.41, 5.74) is 0.782. The van der Waals surface area contributed by atoms with Gasteiger partial charge in [0.1, 0.15) is 5.54 Å². The molecule has 0 unspecified atom stereocenters. The molecule has 1 heterocycles. The lowest BCUT2D eigenvalue weighted by Crippen LogP contribution is -2.66. The van der Waals surface area contributed by atoms with Crippen molar-refractivity contribution in [2.24, 2.45) is 0 Å². The van der Waals surface area contributed by atoms with Crippen LogP contribution in [0.3, 0.4) is 0 Å². The summed E-state index contributed by atoms with van der Waals surface area (Å²) in [6, 6.07) is 0. The van der Waals surface area contributed by atoms with Crippen LogP contribution in [0.5, 0.6) is 0 Å². The molecule has 1 saturated heterocycles. The molecule has 0 radical (unpaired) electrons. The molecule has 0 spiro atoms. The number of allylic oxidation sites excluding steroid dienone is 1. The molecule has 4 nitrogen and oxygen atoms in total. The lowest BCUT2D eigenvalue weighted by atomic mass is 9.88. The molecule has 0 bridgehead atoms. The van der Waals surface area contributed by atoms with Crippen LogP contribution in [0.15, 0.2) is 11.6 Å². The van der Waals surface area contributed by atoms with E-state index < -0.39 is 5.54 Å². The topological polar surface area (TPSA) is 49.4 Å². The molecule has 112 valence electrons. The molecule has 0 aromatic rings. The van der Waals surface area contributed by atoms with Gasteiger partial charge in [-0.1, -0.05) is 25.5 Å². The van der Waals surface area contributed by atoms with E-state index in [0.717, 1.165) is 19.3 Å². The van der Waals surface area contributed by atoms with E-state index in [0.29, 0.717) is 19.4 Å². The number of nitrogens with one attached hydrogen (secondary N) is 1. The SMILES string of the molecule is CCC1(CC)NC(=O)CN(CCC2=CCCCC2)C1=O. The van der Waals surface area contributed by atoms with E-state index in [1.807, 2.05) is 13.8 Å². The highest BCUT2D eigenvalue weighted by molar-refractivity contribution is 5.97. The second-order valence-electron chi connectivity index (χ2n) is 5.92. The minimum Gasteiger partial charge on any atom is -0.340 e. The summed E-state index contributed by atoms with van der Waals surface area (Å²) in [5, 5.41) is 2.90. The fourth-order valence-corrected chi connectivity index (χ4v) is 3.23. The van der Waals surface area contributed by atoms with Gasteiger partial charge in [0.05, 0.1) is 6.54 Å². The van der Waals surface area contributed by atoms with Crippen LogP contribution in [0.1, 0.15) is 58.8 Å². The summed E-state index contributed by atoms with van der Waals surface area (Å²) < 4.78 is 0. The maximum absolute atomic E-state index is 12.6. The molecule has 2 aliphatic rings. The van der Waals surface area contributed by atoms with Crippen molar-refractivity contribution in [2.75, 3.05) is 13.1 Å². The number of amides is 2. The first-order chi connectivity index (χ1) is 9.61. The first-order valence-corrected chi connectivity index (χ1v) is 7.89. The molecule has 0 atom stereocenters. The van der Waals surface area contributed by atoms with Gasteiger partial charge in [-0.2, -0.15) is 0 Å². The zero-order chi connectivity index (χ0) is 14.6. The zero-order valence-corrected chi connectivity index (χ0v) is 12.7. The Labute approximate surface area is 121 Å². The normalized spacial score (nSPS) is 22.5. The molecule has 0 aromatic heterocycles. The summed E-state index contributed by atoms with van der Waals surface area (Å²) in [7, 11) is 0. The van der Waals surface area contributed by atoms with Crippen molar-refractivity contribution >= 4 is 11.8 Å². The predicted molar refractivity (Wildman–Crippen MR) is 79.2 cm³/mol. The third-order valence-electron chi connectivity index (χ3n) is 4.70. The van der Waals surface area contributed by atoms with Gasteiger partial charge in [-0.05, 0) is 44.9 Å². The monoisotopic (exact) mass is 278 g/mol. The van der Waals surface area contributed by atoms with Gasteiger partial charge in [-0.15, -0.1) is 0 Å². The van der Waals surface area contributed by atoms with Gasteiger partial charge in [0.25, 0.3) is 0 Å². The quantitative estimate of drug-likeness (QED) is 0.785. The third kappa shape index (κ3) is 3.05. The van der Waals surface area contributed by atoms with Gasteiger partial charge in [0.2, 0.25) is 11.8 Å². The van der Waals surface area contributed by atoms with Crippen LogP contribution in [0.25, 0.3) is 0 Å². The molecule has 2 rings (SSSR count). The van der Waals surface area contributed by atoms with Crippen LogP contribution < -0.4 is 5.32 Å². The maximum atomic E-state index is 12.6. The molecule has 1 aliphatic heterocycles. The second-order valence-corrected chi connectivity index (χ2v) is 5.92. The number of carbonyl (C=O) groups is 2. The second kappa shape index (κ2) is 6.42. The van der Waals surface area contributed by atoms with Crippen molar-refractivity contribution in [1.29, 1.82) is 0 Å². The summed E-state index contributed by atoms with van der Waals surface area (Å²) >= 11 is 0. The van der Waals surface area contributed by atoms with E-state index in [1.54, 1.807) is 4.90 Å². The predicted octanol–water partition coefficient (Wildman–Crippen LogP) is 2.39. The van der Waals surface area contributed by atoms with Crippen LogP contribution in [-0.2, 0) is 9.59 Å². The number of hydrogen-bond acceptors (Lipinski definition) is 2. The summed E-state index contributed by atoms with van der Waals surface area (Å²) in [6.45, 7) is 4.83. The fraction of sp³-hybridized carbons (Fsp3) is 0.750. The van der Waals surface area contributed by atoms with E-state index in [-0.39, 0.29) is 18.4 Å². The van der Waals surface area contributed by atoms with E-state index in [9.17, 15) is 9.59 Å². The van der Waals surface area contributed by atoms with Gasteiger partial charge >= 0.3 is 0 Å². The summed E-state index contributed by atoms with van der Waals surface area (Å²) in [5.74, 6) is 0.0735. The Morgan fingerprint density at radius 1 is 1.25 bits per heavy atom. The van der Waals surface area contributed by atoms with Gasteiger partial charge in [0.15, 0.2) is 0 Å². The maximum Gasteiger partial charge on any atom is 0.248 e. The van der Waals surface area contributed by atoms with E-state index in [4.69, 9.17) is 0 Å². The van der Waals surface area contributed by atoms with Crippen molar-refractivity contribution < 1.29 is 9.59 Å². The fourth-order valence-electron chi connectivity index (χ4n) is 3.23. The van der Waals surface area contributed by atoms with Crippen LogP contribution in [0.4, 0.5) is 0 Å². The van der Waals surface area contributed by atoms with Gasteiger partial charge in [-0.3, -0.25) is 9.59 Å². The molecular weight excluding hydrogens is 252 g/mol. The Morgan fingerprint density at radius 2 is 2.00 bits per heavy atom. The number of hydrogen-bond donors (Lipinski definition) is 1. The average Bonchev–Trinajstić information content (AvgIpc) is 2.49. The Hall–Kier alpha value is -1.32. The zero-order valence-electron chi connectivity index (χ0n) is 12.7. The molecule has 1 fully saturated rings. The van der Waals surface area contributed by atoms with Crippen LogP contribution in [0.2, 0.25) is 0 Å². The molecule has 20 heavy (non-hydrogen) atoms. The van der Waals surface area contributed by atoms with E-state index in [1.165, 1.54) is 18.4 Å². The number of piperazine rings is 1. The van der Waals surface area contributed by atoms with E-state index in [2.05, 4.69) is 11.4 Å². The Morgan fingerprint density at radius 3 is 2.60 bits per heavy atom. The Bertz CT molecular complexity index is 411. The van der Waals surface area contributed by atoms with Gasteiger partial charge in [0, 0.05) is 6.54 Å². The molecular formula is C16H26N2O2. The highest BCUT2D eigenvalue weighted by atomic mass is 16.2. The number of carbonyl (C=O) groups excluding carboxylic acids is 2. The summed E-state index contributed by atoms with van der Waals surface area (Å²) in [6.07, 6.45) is 9.41. The first-order valence-electron chi connectivity index (χ1n) is 7.89. The highest BCUT2D eigenvalue weighted by Gasteiger charge is 2.43. The highest BCUT2D eigenvalue weighted by Crippen LogP contribution is 2.24. The molecule has 0 aromatic carbocycles. The van der Waals surface area contributed by atoms with Crippen LogP contribution in [0, 0.1) is 0 Å². The van der Waals surface area contributed by atoms with E-state index >= 15 is 0 Å². The minimum atomic E-state index is -0.670. The molecule has 2 amide bonds. The lowest BCUT2D eigenvalue weighted by Gasteiger charge is -2.41. The minimum absolute atomic E-state index is 0.0223.